The zero-order chi connectivity index (χ0) is 23.0. The third-order valence-corrected chi connectivity index (χ3v) is 6.11. The third-order valence-electron chi connectivity index (χ3n) is 6.11. The summed E-state index contributed by atoms with van der Waals surface area (Å²) in [4.78, 5) is 0. The number of rotatable bonds is 24. The molecule has 0 aliphatic carbocycles. The van der Waals surface area contributed by atoms with Crippen LogP contribution in [0.2, 0.25) is 0 Å². The molecule has 0 bridgehead atoms. The van der Waals surface area contributed by atoms with Gasteiger partial charge in [-0.15, -0.1) is 0 Å². The van der Waals surface area contributed by atoms with Gasteiger partial charge in [-0.1, -0.05) is 83.8 Å². The predicted molar refractivity (Wildman–Crippen MR) is 131 cm³/mol. The van der Waals surface area contributed by atoms with Crippen LogP contribution in [-0.2, 0) is 4.74 Å². The summed E-state index contributed by atoms with van der Waals surface area (Å²) in [5.74, 6) is 0. The summed E-state index contributed by atoms with van der Waals surface area (Å²) in [6, 6.07) is 0. The molecule has 0 saturated carbocycles. The maximum atomic E-state index is 9.98. The highest BCUT2D eigenvalue weighted by atomic mass is 16.5. The fraction of sp³-hybridized carbons (Fsp3) is 0.923. The van der Waals surface area contributed by atoms with Crippen LogP contribution in [0.4, 0.5) is 0 Å². The molecule has 186 valence electrons. The first-order valence-corrected chi connectivity index (χ1v) is 13.0. The van der Waals surface area contributed by atoms with Crippen molar-refractivity contribution < 1.29 is 20.1 Å². The van der Waals surface area contributed by atoms with Gasteiger partial charge in [-0.2, -0.15) is 0 Å². The Morgan fingerprint density at radius 3 is 1.81 bits per heavy atom. The van der Waals surface area contributed by atoms with E-state index in [9.17, 15) is 15.3 Å². The lowest BCUT2D eigenvalue weighted by molar-refractivity contribution is 0.0205. The molecule has 0 rings (SSSR count). The Bertz CT molecular complexity index is 377. The summed E-state index contributed by atoms with van der Waals surface area (Å²) < 4.78 is 5.56. The van der Waals surface area contributed by atoms with Crippen molar-refractivity contribution in [3.8, 4) is 0 Å². The van der Waals surface area contributed by atoms with Crippen molar-refractivity contribution in [3.63, 3.8) is 0 Å². The Morgan fingerprint density at radius 2 is 1.29 bits per heavy atom. The average Bonchev–Trinajstić information content (AvgIpc) is 2.79. The number of aliphatic hydroxyl groups excluding tert-OH is 3. The topological polar surface area (TPSA) is 82.0 Å². The van der Waals surface area contributed by atoms with Crippen LogP contribution < -0.4 is 5.32 Å². The minimum absolute atomic E-state index is 0.150. The normalized spacial score (nSPS) is 13.3. The van der Waals surface area contributed by atoms with Gasteiger partial charge in [-0.3, -0.25) is 0 Å². The van der Waals surface area contributed by atoms with Gasteiger partial charge in [0.2, 0.25) is 0 Å². The Balaban J connectivity index is 3.37. The van der Waals surface area contributed by atoms with Gasteiger partial charge in [0.15, 0.2) is 0 Å². The number of hydrogen-bond donors (Lipinski definition) is 4. The largest absolute Gasteiger partial charge is 0.394 e. The molecule has 0 aromatic heterocycles. The summed E-state index contributed by atoms with van der Waals surface area (Å²) in [5.41, 5.74) is -0.718. The van der Waals surface area contributed by atoms with Crippen LogP contribution in [0.15, 0.2) is 12.2 Å². The zero-order valence-corrected chi connectivity index (χ0v) is 20.6. The standard InChI is InChI=1S/C26H53NO4/c1-3-5-6-7-8-9-10-11-12-13-14-15-16-17-18-19-20-31-22-25(30)21-27-26(4-2,23-28)24-29/h11-12,25,27-30H,3-10,13-24H2,1-2H3/b12-11-. The molecule has 0 amide bonds. The smallest absolute Gasteiger partial charge is 0.0897 e. The molecule has 0 heterocycles. The van der Waals surface area contributed by atoms with Crippen LogP contribution in [0.25, 0.3) is 0 Å². The van der Waals surface area contributed by atoms with Gasteiger partial charge in [0.25, 0.3) is 0 Å². The summed E-state index contributed by atoms with van der Waals surface area (Å²) in [6.45, 7) is 5.14. The first-order chi connectivity index (χ1) is 15.1. The lowest BCUT2D eigenvalue weighted by Crippen LogP contribution is -2.53. The number of hydrogen-bond acceptors (Lipinski definition) is 5. The highest BCUT2D eigenvalue weighted by Gasteiger charge is 2.26. The fourth-order valence-electron chi connectivity index (χ4n) is 3.57. The van der Waals surface area contributed by atoms with Crippen molar-refractivity contribution in [1.82, 2.24) is 5.32 Å². The number of nitrogens with one attached hydrogen (secondary N) is 1. The molecule has 0 aliphatic heterocycles. The van der Waals surface area contributed by atoms with E-state index in [4.69, 9.17) is 4.74 Å². The molecule has 1 unspecified atom stereocenters. The van der Waals surface area contributed by atoms with E-state index in [1.54, 1.807) is 0 Å². The number of aliphatic hydroxyl groups is 3. The summed E-state index contributed by atoms with van der Waals surface area (Å²) in [7, 11) is 0. The second kappa shape index (κ2) is 22.7. The summed E-state index contributed by atoms with van der Waals surface area (Å²) in [6.07, 6.45) is 22.8. The molecule has 0 fully saturated rings. The van der Waals surface area contributed by atoms with E-state index in [2.05, 4.69) is 24.4 Å². The molecule has 0 aromatic rings. The third kappa shape index (κ3) is 18.8. The van der Waals surface area contributed by atoms with Crippen molar-refractivity contribution in [2.45, 2.75) is 122 Å². The number of β-amino-alcohol motifs (C(OH)–C–C–N with tert-alkyl or cyclic N) is 1. The first kappa shape index (κ1) is 30.5. The Kier molecular flexibility index (Phi) is 22.4. The zero-order valence-electron chi connectivity index (χ0n) is 20.6. The van der Waals surface area contributed by atoms with Crippen molar-refractivity contribution in [2.24, 2.45) is 0 Å². The van der Waals surface area contributed by atoms with Crippen LogP contribution >= 0.6 is 0 Å². The quantitative estimate of drug-likeness (QED) is 0.123. The van der Waals surface area contributed by atoms with E-state index in [-0.39, 0.29) is 19.8 Å². The molecule has 0 aliphatic rings. The van der Waals surface area contributed by atoms with Gasteiger partial charge in [-0.05, 0) is 38.5 Å². The molecule has 1 atom stereocenters. The lowest BCUT2D eigenvalue weighted by atomic mass is 9.98. The predicted octanol–water partition coefficient (Wildman–Crippen LogP) is 5.12. The molecule has 0 spiro atoms. The van der Waals surface area contributed by atoms with Gasteiger partial charge in [0, 0.05) is 13.2 Å². The SMILES string of the molecule is CCCCCCCC/C=C\CCCCCCCCOCC(O)CNC(CC)(CO)CO. The molecule has 0 radical (unpaired) electrons. The Hall–Kier alpha value is -0.460. The molecule has 5 heteroatoms. The lowest BCUT2D eigenvalue weighted by Gasteiger charge is -2.30. The second-order valence-electron chi connectivity index (χ2n) is 9.00. The fourth-order valence-corrected chi connectivity index (χ4v) is 3.57. The number of allylic oxidation sites excluding steroid dienone is 2. The van der Waals surface area contributed by atoms with Gasteiger partial charge in [0.1, 0.15) is 0 Å². The van der Waals surface area contributed by atoms with Crippen molar-refractivity contribution in [3.05, 3.63) is 12.2 Å². The van der Waals surface area contributed by atoms with Gasteiger partial charge < -0.3 is 25.4 Å². The van der Waals surface area contributed by atoms with E-state index in [1.165, 1.54) is 83.5 Å². The van der Waals surface area contributed by atoms with E-state index < -0.39 is 11.6 Å². The van der Waals surface area contributed by atoms with Crippen LogP contribution in [0.5, 0.6) is 0 Å². The van der Waals surface area contributed by atoms with Gasteiger partial charge in [0.05, 0.1) is 31.5 Å². The summed E-state index contributed by atoms with van der Waals surface area (Å²) >= 11 is 0. The first-order valence-electron chi connectivity index (χ1n) is 13.0. The molecule has 5 nitrogen and oxygen atoms in total. The highest BCUT2D eigenvalue weighted by molar-refractivity contribution is 4.86. The van der Waals surface area contributed by atoms with Crippen LogP contribution in [0.3, 0.4) is 0 Å². The van der Waals surface area contributed by atoms with E-state index in [0.717, 1.165) is 6.42 Å². The Labute approximate surface area is 192 Å². The van der Waals surface area contributed by atoms with Gasteiger partial charge >= 0.3 is 0 Å². The van der Waals surface area contributed by atoms with E-state index in [1.807, 2.05) is 6.92 Å². The molecular weight excluding hydrogens is 390 g/mol. The maximum Gasteiger partial charge on any atom is 0.0897 e. The molecule has 0 aromatic carbocycles. The minimum atomic E-state index is -0.718. The molecule has 4 N–H and O–H groups in total. The monoisotopic (exact) mass is 443 g/mol. The van der Waals surface area contributed by atoms with E-state index >= 15 is 0 Å². The van der Waals surface area contributed by atoms with Gasteiger partial charge in [-0.25, -0.2) is 0 Å². The van der Waals surface area contributed by atoms with Crippen molar-refractivity contribution in [1.29, 1.82) is 0 Å². The minimum Gasteiger partial charge on any atom is -0.394 e. The maximum absolute atomic E-state index is 9.98. The molecule has 31 heavy (non-hydrogen) atoms. The van der Waals surface area contributed by atoms with Crippen molar-refractivity contribution >= 4 is 0 Å². The van der Waals surface area contributed by atoms with E-state index in [0.29, 0.717) is 19.6 Å². The number of ether oxygens (including phenoxy) is 1. The average molecular weight is 444 g/mol. The molecule has 0 saturated heterocycles. The highest BCUT2D eigenvalue weighted by Crippen LogP contribution is 2.10. The van der Waals surface area contributed by atoms with Crippen LogP contribution in [0.1, 0.15) is 110 Å². The van der Waals surface area contributed by atoms with Crippen LogP contribution in [-0.4, -0.2) is 59.9 Å². The molecular formula is C26H53NO4. The Morgan fingerprint density at radius 1 is 0.774 bits per heavy atom. The summed E-state index contributed by atoms with van der Waals surface area (Å²) in [5, 5.41) is 31.8. The van der Waals surface area contributed by atoms with Crippen molar-refractivity contribution in [2.75, 3.05) is 33.0 Å². The second-order valence-corrected chi connectivity index (χ2v) is 9.00. The number of unbranched alkanes of at least 4 members (excludes halogenated alkanes) is 12. The van der Waals surface area contributed by atoms with Crippen LogP contribution in [0, 0.1) is 0 Å².